The molecule has 1 amide bonds. The standard InChI is InChI=1S/C7H13F.C7H13NO.C7H14O/c1-5(2)6-4-7(6,3)8;1-6(2)8-5-3-4-7(8)9;1-6(2)8-5-7-3-4-7/h5-6H,4H2,1-3H3;6H,3-5H2,1-2H3;6-7H,3-5H2,1-2H3. The molecule has 3 fully saturated rings. The summed E-state index contributed by atoms with van der Waals surface area (Å²) in [5.74, 6) is 2.12. The van der Waals surface area contributed by atoms with Gasteiger partial charge in [0.15, 0.2) is 0 Å². The third-order valence-corrected chi connectivity index (χ3v) is 5.13. The van der Waals surface area contributed by atoms with Crippen LogP contribution in [-0.4, -0.2) is 41.8 Å². The van der Waals surface area contributed by atoms with Crippen LogP contribution in [0.25, 0.3) is 0 Å². The minimum Gasteiger partial charge on any atom is -0.379 e. The van der Waals surface area contributed by atoms with Crippen LogP contribution >= 0.6 is 0 Å². The van der Waals surface area contributed by atoms with Crippen molar-refractivity contribution in [1.82, 2.24) is 4.90 Å². The van der Waals surface area contributed by atoms with Gasteiger partial charge in [-0.3, -0.25) is 4.79 Å². The highest BCUT2D eigenvalue weighted by atomic mass is 19.1. The van der Waals surface area contributed by atoms with Gasteiger partial charge in [0.25, 0.3) is 0 Å². The molecule has 2 saturated carbocycles. The summed E-state index contributed by atoms with van der Waals surface area (Å²) < 4.78 is 18.1. The Kier molecular flexibility index (Phi) is 8.86. The Balaban J connectivity index is 0.000000188. The largest absolute Gasteiger partial charge is 0.379 e. The summed E-state index contributed by atoms with van der Waals surface area (Å²) in [5.41, 5.74) is -0.811. The first kappa shape index (κ1) is 22.4. The summed E-state index contributed by atoms with van der Waals surface area (Å²) in [5, 5.41) is 0. The van der Waals surface area contributed by atoms with Crippen LogP contribution in [0.4, 0.5) is 4.39 Å². The van der Waals surface area contributed by atoms with E-state index in [-0.39, 0.29) is 0 Å². The van der Waals surface area contributed by atoms with E-state index in [2.05, 4.69) is 41.5 Å². The molecule has 4 heteroatoms. The summed E-state index contributed by atoms with van der Waals surface area (Å²) in [6, 6.07) is 0.403. The predicted molar refractivity (Wildman–Crippen MR) is 102 cm³/mol. The number of halogens is 1. The number of amides is 1. The Labute approximate surface area is 154 Å². The second-order valence-corrected chi connectivity index (χ2v) is 8.94. The van der Waals surface area contributed by atoms with Gasteiger partial charge in [-0.25, -0.2) is 4.39 Å². The predicted octanol–water partition coefficient (Wildman–Crippen LogP) is 5.23. The number of nitrogens with zero attached hydrogens (tertiary/aromatic N) is 1. The molecule has 25 heavy (non-hydrogen) atoms. The Morgan fingerprint density at radius 3 is 1.96 bits per heavy atom. The first-order valence-corrected chi connectivity index (χ1v) is 10.1. The highest BCUT2D eigenvalue weighted by molar-refractivity contribution is 5.78. The number of ether oxygens (including phenoxy) is 1. The van der Waals surface area contributed by atoms with Gasteiger partial charge >= 0.3 is 0 Å². The molecule has 3 rings (SSSR count). The third-order valence-electron chi connectivity index (χ3n) is 5.13. The lowest BCUT2D eigenvalue weighted by Gasteiger charge is -2.19. The van der Waals surface area contributed by atoms with Gasteiger partial charge in [0.05, 0.1) is 6.10 Å². The number of likely N-dealkylation sites (tertiary alicyclic amines) is 1. The molecule has 1 heterocycles. The first-order valence-electron chi connectivity index (χ1n) is 10.1. The van der Waals surface area contributed by atoms with E-state index >= 15 is 0 Å². The molecule has 3 nitrogen and oxygen atoms in total. The van der Waals surface area contributed by atoms with E-state index in [9.17, 15) is 9.18 Å². The zero-order chi connectivity index (χ0) is 19.2. The van der Waals surface area contributed by atoms with Crippen LogP contribution in [0.15, 0.2) is 0 Å². The highest BCUT2D eigenvalue weighted by Gasteiger charge is 2.52. The molecule has 0 aromatic carbocycles. The second kappa shape index (κ2) is 9.89. The van der Waals surface area contributed by atoms with Crippen LogP contribution in [0.3, 0.4) is 0 Å². The smallest absolute Gasteiger partial charge is 0.222 e. The summed E-state index contributed by atoms with van der Waals surface area (Å²) >= 11 is 0. The summed E-state index contributed by atoms with van der Waals surface area (Å²) in [7, 11) is 0. The zero-order valence-corrected chi connectivity index (χ0v) is 17.5. The molecular weight excluding hydrogens is 317 g/mol. The number of rotatable bonds is 5. The normalized spacial score (nSPS) is 28.0. The maximum Gasteiger partial charge on any atom is 0.222 e. The fraction of sp³-hybridized carbons (Fsp3) is 0.952. The fourth-order valence-electron chi connectivity index (χ4n) is 3.13. The minimum absolute atomic E-state index is 0.324. The summed E-state index contributed by atoms with van der Waals surface area (Å²) in [4.78, 5) is 12.9. The Bertz CT molecular complexity index is 401. The van der Waals surface area contributed by atoms with Crippen LogP contribution in [-0.2, 0) is 9.53 Å². The van der Waals surface area contributed by atoms with Crippen molar-refractivity contribution in [2.45, 2.75) is 98.4 Å². The molecule has 2 atom stereocenters. The summed E-state index contributed by atoms with van der Waals surface area (Å²) in [6.45, 7) is 16.1. The topological polar surface area (TPSA) is 29.5 Å². The van der Waals surface area contributed by atoms with Gasteiger partial charge in [0, 0.05) is 25.6 Å². The summed E-state index contributed by atoms with van der Waals surface area (Å²) in [6.07, 6.45) is 5.81. The molecule has 3 aliphatic rings. The Hall–Kier alpha value is -0.640. The highest BCUT2D eigenvalue weighted by Crippen LogP contribution is 2.50. The van der Waals surface area contributed by atoms with E-state index < -0.39 is 5.67 Å². The molecule has 1 aliphatic heterocycles. The quantitative estimate of drug-likeness (QED) is 0.674. The maximum atomic E-state index is 12.7. The van der Waals surface area contributed by atoms with Crippen LogP contribution in [0.5, 0.6) is 0 Å². The van der Waals surface area contributed by atoms with E-state index in [0.717, 1.165) is 38.3 Å². The van der Waals surface area contributed by atoms with Crippen LogP contribution in [0.2, 0.25) is 0 Å². The van der Waals surface area contributed by atoms with Crippen molar-refractivity contribution < 1.29 is 13.9 Å². The Morgan fingerprint density at radius 1 is 1.20 bits per heavy atom. The van der Waals surface area contributed by atoms with E-state index in [0.29, 0.717) is 29.9 Å². The molecule has 0 N–H and O–H groups in total. The lowest BCUT2D eigenvalue weighted by atomic mass is 10.1. The van der Waals surface area contributed by atoms with Gasteiger partial charge in [-0.15, -0.1) is 0 Å². The van der Waals surface area contributed by atoms with Crippen LogP contribution < -0.4 is 0 Å². The molecule has 2 unspecified atom stereocenters. The van der Waals surface area contributed by atoms with E-state index in [1.165, 1.54) is 12.8 Å². The maximum absolute atomic E-state index is 12.7. The monoisotopic (exact) mass is 357 g/mol. The Morgan fingerprint density at radius 2 is 1.76 bits per heavy atom. The van der Waals surface area contributed by atoms with Crippen molar-refractivity contribution in [2.75, 3.05) is 13.2 Å². The lowest BCUT2D eigenvalue weighted by molar-refractivity contribution is -0.129. The van der Waals surface area contributed by atoms with Crippen molar-refractivity contribution >= 4 is 5.91 Å². The van der Waals surface area contributed by atoms with Crippen molar-refractivity contribution in [3.8, 4) is 0 Å². The van der Waals surface area contributed by atoms with Gasteiger partial charge < -0.3 is 9.64 Å². The minimum atomic E-state index is -0.811. The van der Waals surface area contributed by atoms with Crippen molar-refractivity contribution in [1.29, 1.82) is 0 Å². The lowest BCUT2D eigenvalue weighted by Crippen LogP contribution is -2.31. The number of hydrogen-bond acceptors (Lipinski definition) is 2. The van der Waals surface area contributed by atoms with Gasteiger partial charge in [0.1, 0.15) is 5.67 Å². The molecule has 0 radical (unpaired) electrons. The third kappa shape index (κ3) is 9.03. The average Bonchev–Trinajstić information content (AvgIpc) is 3.38. The van der Waals surface area contributed by atoms with E-state index in [1.54, 1.807) is 6.92 Å². The van der Waals surface area contributed by atoms with E-state index in [1.807, 2.05) is 4.90 Å². The molecule has 148 valence electrons. The van der Waals surface area contributed by atoms with E-state index in [4.69, 9.17) is 4.74 Å². The first-order chi connectivity index (χ1) is 11.5. The zero-order valence-electron chi connectivity index (χ0n) is 17.5. The van der Waals surface area contributed by atoms with Crippen molar-refractivity contribution in [3.63, 3.8) is 0 Å². The number of carbonyl (C=O) groups is 1. The van der Waals surface area contributed by atoms with Gasteiger partial charge in [-0.2, -0.15) is 0 Å². The molecule has 0 spiro atoms. The van der Waals surface area contributed by atoms with Gasteiger partial charge in [0.2, 0.25) is 5.91 Å². The van der Waals surface area contributed by atoms with Crippen molar-refractivity contribution in [3.05, 3.63) is 0 Å². The molecule has 0 aromatic rings. The fourth-order valence-corrected chi connectivity index (χ4v) is 3.13. The average molecular weight is 358 g/mol. The number of carbonyl (C=O) groups excluding carboxylic acids is 1. The van der Waals surface area contributed by atoms with Gasteiger partial charge in [-0.05, 0) is 78.1 Å². The molecule has 1 saturated heterocycles. The van der Waals surface area contributed by atoms with Gasteiger partial charge in [-0.1, -0.05) is 13.8 Å². The number of alkyl halides is 1. The molecule has 0 aromatic heterocycles. The van der Waals surface area contributed by atoms with Crippen LogP contribution in [0.1, 0.15) is 80.6 Å². The number of hydrogen-bond donors (Lipinski definition) is 0. The SMILES string of the molecule is CC(C)C1CC1(C)F.CC(C)N1CCCC1=O.CC(C)OCC1CC1. The molecule has 2 aliphatic carbocycles. The second-order valence-electron chi connectivity index (χ2n) is 8.94. The molecular formula is C21H40FNO2. The van der Waals surface area contributed by atoms with Crippen LogP contribution in [0, 0.1) is 17.8 Å². The van der Waals surface area contributed by atoms with Crippen molar-refractivity contribution in [2.24, 2.45) is 17.8 Å². The molecule has 0 bridgehead atoms.